The van der Waals surface area contributed by atoms with Crippen LogP contribution in [0.1, 0.15) is 30.3 Å². The second-order valence-corrected chi connectivity index (χ2v) is 7.47. The summed E-state index contributed by atoms with van der Waals surface area (Å²) in [5, 5.41) is 6.13. The van der Waals surface area contributed by atoms with Crippen molar-refractivity contribution in [1.29, 1.82) is 0 Å². The maximum atomic E-state index is 5.74. The average molecular weight is 369 g/mol. The number of rotatable bonds is 4. The smallest absolute Gasteiger partial charge is 0.241 e. The van der Waals surface area contributed by atoms with Crippen LogP contribution in [0, 0.1) is 0 Å². The molecule has 26 heavy (non-hydrogen) atoms. The van der Waals surface area contributed by atoms with Gasteiger partial charge in [0.25, 0.3) is 0 Å². The third kappa shape index (κ3) is 2.97. The summed E-state index contributed by atoms with van der Waals surface area (Å²) in [6, 6.07) is 10.6. The molecular formula is C19H19N3O3S. The number of likely N-dealkylation sites (tertiary alicyclic amines) is 1. The van der Waals surface area contributed by atoms with Crippen LogP contribution < -0.4 is 9.47 Å². The molecule has 0 aliphatic carbocycles. The van der Waals surface area contributed by atoms with Crippen LogP contribution >= 0.6 is 11.3 Å². The van der Waals surface area contributed by atoms with Crippen LogP contribution in [0.3, 0.4) is 0 Å². The van der Waals surface area contributed by atoms with E-state index in [0.29, 0.717) is 37.5 Å². The van der Waals surface area contributed by atoms with Gasteiger partial charge in [-0.05, 0) is 48.5 Å². The Morgan fingerprint density at radius 3 is 2.96 bits per heavy atom. The summed E-state index contributed by atoms with van der Waals surface area (Å²) in [6.45, 7) is 2.91. The van der Waals surface area contributed by atoms with Gasteiger partial charge in [0.2, 0.25) is 11.7 Å². The number of hydrogen-bond acceptors (Lipinski definition) is 7. The lowest BCUT2D eigenvalue weighted by Crippen LogP contribution is -2.23. The van der Waals surface area contributed by atoms with Crippen molar-refractivity contribution in [1.82, 2.24) is 15.0 Å². The van der Waals surface area contributed by atoms with Crippen molar-refractivity contribution < 1.29 is 14.0 Å². The Morgan fingerprint density at radius 1 is 1.15 bits per heavy atom. The molecule has 0 bridgehead atoms. The average Bonchev–Trinajstić information content (AvgIpc) is 3.43. The molecule has 5 rings (SSSR count). The third-order valence-electron chi connectivity index (χ3n) is 4.86. The highest BCUT2D eigenvalue weighted by molar-refractivity contribution is 7.13. The van der Waals surface area contributed by atoms with Crippen LogP contribution in [0.25, 0.3) is 10.7 Å². The zero-order valence-corrected chi connectivity index (χ0v) is 15.1. The van der Waals surface area contributed by atoms with Crippen LogP contribution in [0.4, 0.5) is 0 Å². The van der Waals surface area contributed by atoms with Crippen molar-refractivity contribution in [3.63, 3.8) is 0 Å². The summed E-state index contributed by atoms with van der Waals surface area (Å²) in [4.78, 5) is 7.99. The van der Waals surface area contributed by atoms with Crippen molar-refractivity contribution in [3.8, 4) is 22.2 Å². The van der Waals surface area contributed by atoms with Gasteiger partial charge in [0.1, 0.15) is 13.2 Å². The molecule has 4 heterocycles. The van der Waals surface area contributed by atoms with Crippen LogP contribution in [-0.2, 0) is 6.54 Å². The number of ether oxygens (including phenoxy) is 2. The fourth-order valence-electron chi connectivity index (χ4n) is 3.66. The van der Waals surface area contributed by atoms with Gasteiger partial charge in [-0.3, -0.25) is 4.90 Å². The summed E-state index contributed by atoms with van der Waals surface area (Å²) in [5.41, 5.74) is 1.25. The Bertz CT molecular complexity index is 893. The standard InChI is InChI=1S/C19H19N3O3S/c1-3-14(13-5-6-15-16(11-13)24-9-8-23-15)22(7-1)12-18-20-19(21-25-18)17-4-2-10-26-17/h2,4-6,10-11,14H,1,3,7-9,12H2. The number of benzene rings is 1. The molecule has 3 aromatic rings. The summed E-state index contributed by atoms with van der Waals surface area (Å²) in [5.74, 6) is 3.02. The molecule has 0 radical (unpaired) electrons. The van der Waals surface area contributed by atoms with E-state index in [1.54, 1.807) is 11.3 Å². The lowest BCUT2D eigenvalue weighted by Gasteiger charge is -2.25. The van der Waals surface area contributed by atoms with Crippen molar-refractivity contribution in [2.75, 3.05) is 19.8 Å². The van der Waals surface area contributed by atoms with Crippen LogP contribution in [-0.4, -0.2) is 34.8 Å². The molecule has 134 valence electrons. The lowest BCUT2D eigenvalue weighted by molar-refractivity contribution is 0.170. The normalized spacial score (nSPS) is 19.8. The van der Waals surface area contributed by atoms with Crippen LogP contribution in [0.5, 0.6) is 11.5 Å². The lowest BCUT2D eigenvalue weighted by atomic mass is 10.0. The Kier molecular flexibility index (Phi) is 4.10. The Hall–Kier alpha value is -2.38. The first kappa shape index (κ1) is 15.8. The molecule has 1 aromatic carbocycles. The maximum Gasteiger partial charge on any atom is 0.241 e. The van der Waals surface area contributed by atoms with E-state index in [1.807, 2.05) is 23.6 Å². The first-order chi connectivity index (χ1) is 12.9. The van der Waals surface area contributed by atoms with Crippen LogP contribution in [0.15, 0.2) is 40.2 Å². The summed E-state index contributed by atoms with van der Waals surface area (Å²) >= 11 is 1.62. The predicted octanol–water partition coefficient (Wildman–Crippen LogP) is 3.91. The van der Waals surface area contributed by atoms with E-state index in [2.05, 4.69) is 27.2 Å². The molecule has 1 unspecified atom stereocenters. The van der Waals surface area contributed by atoms with E-state index in [4.69, 9.17) is 14.0 Å². The second-order valence-electron chi connectivity index (χ2n) is 6.52. The maximum absolute atomic E-state index is 5.74. The fraction of sp³-hybridized carbons (Fsp3) is 0.368. The zero-order valence-electron chi connectivity index (χ0n) is 14.3. The highest BCUT2D eigenvalue weighted by Crippen LogP contribution is 2.38. The second kappa shape index (κ2) is 6.74. The van der Waals surface area contributed by atoms with Gasteiger partial charge in [0.05, 0.1) is 11.4 Å². The first-order valence-electron chi connectivity index (χ1n) is 8.87. The van der Waals surface area contributed by atoms with Crippen molar-refractivity contribution in [2.24, 2.45) is 0 Å². The van der Waals surface area contributed by atoms with E-state index in [-0.39, 0.29) is 0 Å². The molecular weight excluding hydrogens is 350 g/mol. The minimum atomic E-state index is 0.336. The quantitative estimate of drug-likeness (QED) is 0.695. The van der Waals surface area contributed by atoms with Gasteiger partial charge in [-0.25, -0.2) is 0 Å². The SMILES string of the molecule is c1csc(-c2noc(CN3CCCC3c3ccc4c(c3)OCCO4)n2)c1. The summed E-state index contributed by atoms with van der Waals surface area (Å²) < 4.78 is 16.9. The molecule has 0 amide bonds. The molecule has 1 atom stereocenters. The van der Waals surface area contributed by atoms with Gasteiger partial charge in [-0.2, -0.15) is 4.98 Å². The molecule has 0 N–H and O–H groups in total. The highest BCUT2D eigenvalue weighted by Gasteiger charge is 2.29. The predicted molar refractivity (Wildman–Crippen MR) is 97.4 cm³/mol. The number of aromatic nitrogens is 2. The number of fused-ring (bicyclic) bond motifs is 1. The topological polar surface area (TPSA) is 60.6 Å². The molecule has 0 spiro atoms. The first-order valence-corrected chi connectivity index (χ1v) is 9.75. The van der Waals surface area contributed by atoms with E-state index >= 15 is 0 Å². The van der Waals surface area contributed by atoms with E-state index in [0.717, 1.165) is 35.8 Å². The minimum Gasteiger partial charge on any atom is -0.486 e. The largest absolute Gasteiger partial charge is 0.486 e. The molecule has 7 heteroatoms. The molecule has 0 saturated carbocycles. The van der Waals surface area contributed by atoms with Gasteiger partial charge in [0.15, 0.2) is 11.5 Å². The number of nitrogens with zero attached hydrogens (tertiary/aromatic N) is 3. The van der Waals surface area contributed by atoms with Gasteiger partial charge >= 0.3 is 0 Å². The molecule has 1 saturated heterocycles. The summed E-state index contributed by atoms with van der Waals surface area (Å²) in [6.07, 6.45) is 2.27. The van der Waals surface area contributed by atoms with Gasteiger partial charge in [-0.15, -0.1) is 11.3 Å². The zero-order chi connectivity index (χ0) is 17.3. The van der Waals surface area contributed by atoms with Crippen molar-refractivity contribution in [3.05, 3.63) is 47.2 Å². The third-order valence-corrected chi connectivity index (χ3v) is 5.73. The van der Waals surface area contributed by atoms with Gasteiger partial charge in [-0.1, -0.05) is 17.3 Å². The summed E-state index contributed by atoms with van der Waals surface area (Å²) in [7, 11) is 0. The minimum absolute atomic E-state index is 0.336. The number of thiophene rings is 1. The molecule has 2 aliphatic rings. The molecule has 1 fully saturated rings. The highest BCUT2D eigenvalue weighted by atomic mass is 32.1. The molecule has 6 nitrogen and oxygen atoms in total. The fourth-order valence-corrected chi connectivity index (χ4v) is 4.31. The van der Waals surface area contributed by atoms with Gasteiger partial charge in [0, 0.05) is 6.04 Å². The molecule has 2 aliphatic heterocycles. The van der Waals surface area contributed by atoms with E-state index in [1.165, 1.54) is 5.56 Å². The van der Waals surface area contributed by atoms with E-state index in [9.17, 15) is 0 Å². The number of hydrogen-bond donors (Lipinski definition) is 0. The molecule has 2 aromatic heterocycles. The Labute approximate surface area is 155 Å². The van der Waals surface area contributed by atoms with Crippen molar-refractivity contribution in [2.45, 2.75) is 25.4 Å². The monoisotopic (exact) mass is 369 g/mol. The van der Waals surface area contributed by atoms with Crippen molar-refractivity contribution >= 4 is 11.3 Å². The van der Waals surface area contributed by atoms with E-state index < -0.39 is 0 Å². The Morgan fingerprint density at radius 2 is 2.08 bits per heavy atom. The Balaban J connectivity index is 1.34. The van der Waals surface area contributed by atoms with Gasteiger partial charge < -0.3 is 14.0 Å². The van der Waals surface area contributed by atoms with Crippen LogP contribution in [0.2, 0.25) is 0 Å².